The smallest absolute Gasteiger partial charge is 0.148 e. The number of hydrogen-bond acceptors (Lipinski definition) is 4. The highest BCUT2D eigenvalue weighted by Crippen LogP contribution is 2.16. The van der Waals surface area contributed by atoms with E-state index in [0.717, 1.165) is 26.1 Å². The highest BCUT2D eigenvalue weighted by atomic mass is 32.2. The minimum atomic E-state index is -2.82. The number of nitrogens with one attached hydrogen (secondary N) is 1. The summed E-state index contributed by atoms with van der Waals surface area (Å²) in [6.07, 6.45) is 4.85. The Bertz CT molecular complexity index is 290. The molecule has 0 amide bonds. The van der Waals surface area contributed by atoms with Gasteiger partial charge in [0.15, 0.2) is 0 Å². The lowest BCUT2D eigenvalue weighted by Crippen LogP contribution is -2.40. The Morgan fingerprint density at radius 2 is 2.19 bits per heavy atom. The van der Waals surface area contributed by atoms with Crippen molar-refractivity contribution in [1.29, 1.82) is 0 Å². The van der Waals surface area contributed by atoms with E-state index in [1.807, 2.05) is 0 Å². The van der Waals surface area contributed by atoms with Crippen molar-refractivity contribution in [3.63, 3.8) is 0 Å². The number of likely N-dealkylation sites (tertiary alicyclic amines) is 1. The van der Waals surface area contributed by atoms with E-state index in [-0.39, 0.29) is 5.75 Å². The average molecular weight is 248 g/mol. The minimum Gasteiger partial charge on any atom is -0.315 e. The van der Waals surface area contributed by atoms with Crippen molar-refractivity contribution in [3.8, 4) is 0 Å². The summed E-state index contributed by atoms with van der Waals surface area (Å²) in [5, 5.41) is 3.41. The summed E-state index contributed by atoms with van der Waals surface area (Å²) in [4.78, 5) is 2.31. The second-order valence-corrected chi connectivity index (χ2v) is 6.93. The molecule has 1 aliphatic rings. The molecule has 1 fully saturated rings. The van der Waals surface area contributed by atoms with Crippen LogP contribution in [-0.4, -0.2) is 57.5 Å². The largest absolute Gasteiger partial charge is 0.315 e. The number of nitrogens with zero attached hydrogens (tertiary/aromatic N) is 1. The predicted octanol–water partition coefficient (Wildman–Crippen LogP) is 0.495. The minimum absolute atomic E-state index is 0.289. The first-order valence-corrected chi connectivity index (χ1v) is 8.21. The third-order valence-electron chi connectivity index (χ3n) is 3.06. The van der Waals surface area contributed by atoms with Crippen LogP contribution in [0.4, 0.5) is 0 Å². The van der Waals surface area contributed by atoms with E-state index in [4.69, 9.17) is 0 Å². The molecule has 1 heterocycles. The van der Waals surface area contributed by atoms with Gasteiger partial charge in [-0.2, -0.15) is 0 Å². The summed E-state index contributed by atoms with van der Waals surface area (Å²) >= 11 is 0. The van der Waals surface area contributed by atoms with Crippen LogP contribution in [0.2, 0.25) is 0 Å². The normalized spacial score (nSPS) is 22.8. The van der Waals surface area contributed by atoms with Gasteiger partial charge in [-0.05, 0) is 32.4 Å². The van der Waals surface area contributed by atoms with Crippen molar-refractivity contribution in [2.24, 2.45) is 0 Å². The van der Waals surface area contributed by atoms with Crippen molar-refractivity contribution < 1.29 is 8.42 Å². The van der Waals surface area contributed by atoms with Gasteiger partial charge >= 0.3 is 0 Å². The fourth-order valence-corrected chi connectivity index (χ4v) is 2.72. The summed E-state index contributed by atoms with van der Waals surface area (Å²) in [6.45, 7) is 5.95. The SMILES string of the molecule is CCCNCC1CCCN1CCS(C)(=O)=O. The molecule has 0 saturated carbocycles. The van der Waals surface area contributed by atoms with Crippen LogP contribution in [0.25, 0.3) is 0 Å². The van der Waals surface area contributed by atoms with Crippen molar-refractivity contribution >= 4 is 9.84 Å². The van der Waals surface area contributed by atoms with Crippen LogP contribution in [0.1, 0.15) is 26.2 Å². The van der Waals surface area contributed by atoms with E-state index < -0.39 is 9.84 Å². The topological polar surface area (TPSA) is 49.4 Å². The number of hydrogen-bond donors (Lipinski definition) is 1. The molecule has 0 bridgehead atoms. The van der Waals surface area contributed by atoms with Crippen LogP contribution < -0.4 is 5.32 Å². The Morgan fingerprint density at radius 1 is 1.44 bits per heavy atom. The van der Waals surface area contributed by atoms with Gasteiger partial charge in [-0.25, -0.2) is 8.42 Å². The van der Waals surface area contributed by atoms with Crippen LogP contribution in [-0.2, 0) is 9.84 Å². The lowest BCUT2D eigenvalue weighted by Gasteiger charge is -2.24. The Labute approximate surface area is 99.3 Å². The van der Waals surface area contributed by atoms with Gasteiger partial charge in [-0.3, -0.25) is 4.90 Å². The van der Waals surface area contributed by atoms with E-state index in [1.54, 1.807) is 0 Å². The van der Waals surface area contributed by atoms with E-state index in [9.17, 15) is 8.42 Å². The molecule has 0 aromatic carbocycles. The van der Waals surface area contributed by atoms with Gasteiger partial charge in [-0.15, -0.1) is 0 Å². The predicted molar refractivity (Wildman–Crippen MR) is 67.5 cm³/mol. The monoisotopic (exact) mass is 248 g/mol. The highest BCUT2D eigenvalue weighted by Gasteiger charge is 2.24. The van der Waals surface area contributed by atoms with Gasteiger partial charge in [0.1, 0.15) is 9.84 Å². The van der Waals surface area contributed by atoms with E-state index in [0.29, 0.717) is 12.6 Å². The molecule has 0 aliphatic carbocycles. The molecule has 1 atom stereocenters. The molecule has 5 heteroatoms. The van der Waals surface area contributed by atoms with Gasteiger partial charge in [0.05, 0.1) is 5.75 Å². The molecule has 0 spiro atoms. The summed E-state index contributed by atoms with van der Waals surface area (Å²) < 4.78 is 22.2. The molecular weight excluding hydrogens is 224 g/mol. The molecule has 0 aromatic rings. The molecule has 1 rings (SSSR count). The molecular formula is C11H24N2O2S. The quantitative estimate of drug-likeness (QED) is 0.666. The van der Waals surface area contributed by atoms with E-state index >= 15 is 0 Å². The summed E-state index contributed by atoms with van der Waals surface area (Å²) in [6, 6.07) is 0.535. The molecule has 1 unspecified atom stereocenters. The van der Waals surface area contributed by atoms with Crippen LogP contribution in [0.15, 0.2) is 0 Å². The van der Waals surface area contributed by atoms with Gasteiger partial charge in [0, 0.05) is 25.4 Å². The fourth-order valence-electron chi connectivity index (χ4n) is 2.15. The van der Waals surface area contributed by atoms with Crippen molar-refractivity contribution in [2.45, 2.75) is 32.2 Å². The van der Waals surface area contributed by atoms with Gasteiger partial charge in [0.2, 0.25) is 0 Å². The molecule has 0 radical (unpaired) electrons. The number of sulfone groups is 1. The van der Waals surface area contributed by atoms with Gasteiger partial charge in [-0.1, -0.05) is 6.92 Å². The van der Waals surface area contributed by atoms with Crippen LogP contribution in [0.3, 0.4) is 0 Å². The fraction of sp³-hybridized carbons (Fsp3) is 1.00. The molecule has 0 aromatic heterocycles. The highest BCUT2D eigenvalue weighted by molar-refractivity contribution is 7.90. The second kappa shape index (κ2) is 6.57. The van der Waals surface area contributed by atoms with Gasteiger partial charge < -0.3 is 5.32 Å². The van der Waals surface area contributed by atoms with Crippen LogP contribution in [0.5, 0.6) is 0 Å². The summed E-state index contributed by atoms with van der Waals surface area (Å²) in [5.41, 5.74) is 0. The Hall–Kier alpha value is -0.130. The number of rotatable bonds is 7. The van der Waals surface area contributed by atoms with E-state index in [1.165, 1.54) is 19.1 Å². The zero-order valence-electron chi connectivity index (χ0n) is 10.4. The standard InChI is InChI=1S/C11H24N2O2S/c1-3-6-12-10-11-5-4-7-13(11)8-9-16(2,14)15/h11-12H,3-10H2,1-2H3. The third-order valence-corrected chi connectivity index (χ3v) is 3.98. The van der Waals surface area contributed by atoms with E-state index in [2.05, 4.69) is 17.1 Å². The summed E-state index contributed by atoms with van der Waals surface area (Å²) in [5.74, 6) is 0.289. The van der Waals surface area contributed by atoms with Gasteiger partial charge in [0.25, 0.3) is 0 Å². The lowest BCUT2D eigenvalue weighted by molar-refractivity contribution is 0.261. The molecule has 1 N–H and O–H groups in total. The maximum absolute atomic E-state index is 11.1. The Morgan fingerprint density at radius 3 is 2.81 bits per heavy atom. The molecule has 96 valence electrons. The third kappa shape index (κ3) is 5.27. The Balaban J connectivity index is 2.29. The lowest BCUT2D eigenvalue weighted by atomic mass is 10.2. The van der Waals surface area contributed by atoms with Crippen LogP contribution in [0, 0.1) is 0 Å². The van der Waals surface area contributed by atoms with Crippen LogP contribution >= 0.6 is 0 Å². The Kier molecular flexibility index (Phi) is 5.72. The first kappa shape index (κ1) is 13.9. The second-order valence-electron chi connectivity index (χ2n) is 4.67. The molecule has 4 nitrogen and oxygen atoms in total. The van der Waals surface area contributed by atoms with Crippen molar-refractivity contribution in [1.82, 2.24) is 10.2 Å². The maximum atomic E-state index is 11.1. The first-order chi connectivity index (χ1) is 7.53. The van der Waals surface area contributed by atoms with Crippen molar-refractivity contribution in [3.05, 3.63) is 0 Å². The average Bonchev–Trinajstić information content (AvgIpc) is 2.62. The maximum Gasteiger partial charge on any atom is 0.148 e. The molecule has 1 aliphatic heterocycles. The molecule has 16 heavy (non-hydrogen) atoms. The summed E-state index contributed by atoms with van der Waals surface area (Å²) in [7, 11) is -2.82. The first-order valence-electron chi connectivity index (χ1n) is 6.15. The zero-order valence-corrected chi connectivity index (χ0v) is 11.2. The molecule has 1 saturated heterocycles. The zero-order chi connectivity index (χ0) is 12.0. The van der Waals surface area contributed by atoms with Crippen molar-refractivity contribution in [2.75, 3.05) is 38.2 Å².